The Balaban J connectivity index is 1.39. The largest absolute Gasteiger partial charge is 0.309 e. The Morgan fingerprint density at radius 1 is 0.488 bits per heavy atom. The van der Waals surface area contributed by atoms with E-state index in [0.29, 0.717) is 16.8 Å². The van der Waals surface area contributed by atoms with E-state index in [9.17, 15) is 10.5 Å². The summed E-state index contributed by atoms with van der Waals surface area (Å²) >= 11 is 0. The zero-order valence-electron chi connectivity index (χ0n) is 23.0. The van der Waals surface area contributed by atoms with E-state index >= 15 is 0 Å². The number of hydrogen-bond acceptors (Lipinski definition) is 2. The molecule has 6 aromatic carbocycles. The second kappa shape index (κ2) is 10.5. The Bertz CT molecular complexity index is 2250. The molecule has 0 fully saturated rings. The van der Waals surface area contributed by atoms with Crippen molar-refractivity contribution in [2.24, 2.45) is 0 Å². The minimum absolute atomic E-state index is 0.536. The van der Waals surface area contributed by atoms with Crippen molar-refractivity contribution in [2.75, 3.05) is 0 Å². The van der Waals surface area contributed by atoms with Crippen LogP contribution in [-0.4, -0.2) is 4.57 Å². The Morgan fingerprint density at radius 2 is 1.07 bits per heavy atom. The highest BCUT2D eigenvalue weighted by atomic mass is 15.0. The third kappa shape index (κ3) is 4.58. The molecule has 43 heavy (non-hydrogen) atoms. The summed E-state index contributed by atoms with van der Waals surface area (Å²) in [4.78, 5) is 3.62. The Kier molecular flexibility index (Phi) is 6.26. The van der Waals surface area contributed by atoms with Crippen LogP contribution in [0.4, 0.5) is 5.69 Å². The standard InChI is InChI=1S/C39H22N4/c1-42-34-14-16-39-37(23-34)36-19-26(24-40)13-15-38(36)43(39)35-18-27(25-41)17-33(22-35)32-12-6-11-31(21-32)30-10-5-9-29(20-30)28-7-3-2-4-8-28/h2-23H. The van der Waals surface area contributed by atoms with Gasteiger partial charge in [-0.2, -0.15) is 10.5 Å². The van der Waals surface area contributed by atoms with E-state index in [2.05, 4.69) is 82.2 Å². The number of benzene rings is 6. The van der Waals surface area contributed by atoms with Gasteiger partial charge >= 0.3 is 0 Å². The zero-order valence-corrected chi connectivity index (χ0v) is 23.0. The molecular weight excluding hydrogens is 524 g/mol. The van der Waals surface area contributed by atoms with E-state index in [-0.39, 0.29) is 0 Å². The van der Waals surface area contributed by atoms with Crippen LogP contribution < -0.4 is 0 Å². The SMILES string of the molecule is [C-]#[N+]c1ccc2c(c1)c1cc(C#N)ccc1n2-c1cc(C#N)cc(-c2cccc(-c3cccc(-c4ccccc4)c3)c2)c1. The molecule has 0 aliphatic rings. The molecule has 7 rings (SSSR count). The first-order chi connectivity index (χ1) is 21.1. The fourth-order valence-electron chi connectivity index (χ4n) is 5.79. The van der Waals surface area contributed by atoms with Gasteiger partial charge in [0.15, 0.2) is 5.69 Å². The lowest BCUT2D eigenvalue weighted by molar-refractivity contribution is 1.18. The summed E-state index contributed by atoms with van der Waals surface area (Å²) in [5, 5.41) is 21.4. The van der Waals surface area contributed by atoms with Crippen molar-refractivity contribution in [3.8, 4) is 51.2 Å². The highest BCUT2D eigenvalue weighted by Gasteiger charge is 2.15. The molecule has 0 atom stereocenters. The summed E-state index contributed by atoms with van der Waals surface area (Å²) in [7, 11) is 0. The quantitative estimate of drug-likeness (QED) is 0.206. The van der Waals surface area contributed by atoms with Crippen molar-refractivity contribution in [2.45, 2.75) is 0 Å². The first kappa shape index (κ1) is 25.6. The summed E-state index contributed by atoms with van der Waals surface area (Å²) in [6.07, 6.45) is 0. The van der Waals surface area contributed by atoms with Gasteiger partial charge in [-0.25, -0.2) is 4.85 Å². The molecule has 0 radical (unpaired) electrons. The number of hydrogen-bond donors (Lipinski definition) is 0. The second-order valence-electron chi connectivity index (χ2n) is 10.4. The topological polar surface area (TPSA) is 56.9 Å². The molecule has 0 spiro atoms. The maximum Gasteiger partial charge on any atom is 0.188 e. The normalized spacial score (nSPS) is 10.7. The Labute approximate surface area is 249 Å². The van der Waals surface area contributed by atoms with Crippen LogP contribution in [0.2, 0.25) is 0 Å². The number of nitriles is 2. The van der Waals surface area contributed by atoms with Gasteiger partial charge in [-0.1, -0.05) is 72.8 Å². The number of nitrogens with zero attached hydrogens (tertiary/aromatic N) is 4. The minimum atomic E-state index is 0.536. The van der Waals surface area contributed by atoms with Crippen LogP contribution in [0.25, 0.3) is 65.7 Å². The number of aromatic nitrogens is 1. The lowest BCUT2D eigenvalue weighted by Crippen LogP contribution is -1.96. The average molecular weight is 547 g/mol. The summed E-state index contributed by atoms with van der Waals surface area (Å²) in [5.41, 5.74) is 10.8. The maximum absolute atomic E-state index is 10.0. The highest BCUT2D eigenvalue weighted by molar-refractivity contribution is 6.10. The molecular formula is C39H22N4. The third-order valence-corrected chi connectivity index (χ3v) is 7.81. The molecule has 0 unspecified atom stereocenters. The molecule has 0 saturated carbocycles. The van der Waals surface area contributed by atoms with Gasteiger partial charge in [-0.05, 0) is 99.4 Å². The van der Waals surface area contributed by atoms with Crippen molar-refractivity contribution in [1.82, 2.24) is 4.57 Å². The number of fused-ring (bicyclic) bond motifs is 3. The van der Waals surface area contributed by atoms with Crippen LogP contribution in [0.15, 0.2) is 133 Å². The summed E-state index contributed by atoms with van der Waals surface area (Å²) in [6.45, 7) is 7.52. The highest BCUT2D eigenvalue weighted by Crippen LogP contribution is 2.37. The molecule has 0 N–H and O–H groups in total. The zero-order chi connectivity index (χ0) is 29.3. The van der Waals surface area contributed by atoms with Gasteiger partial charge < -0.3 is 4.57 Å². The lowest BCUT2D eigenvalue weighted by atomic mass is 9.95. The van der Waals surface area contributed by atoms with E-state index in [4.69, 9.17) is 6.57 Å². The number of rotatable bonds is 4. The molecule has 1 heterocycles. The summed E-state index contributed by atoms with van der Waals surface area (Å²) in [5.74, 6) is 0. The van der Waals surface area contributed by atoms with Crippen molar-refractivity contribution < 1.29 is 0 Å². The molecule has 0 amide bonds. The first-order valence-corrected chi connectivity index (χ1v) is 13.8. The average Bonchev–Trinajstić information content (AvgIpc) is 3.41. The maximum atomic E-state index is 10.0. The van der Waals surface area contributed by atoms with Crippen molar-refractivity contribution in [1.29, 1.82) is 10.5 Å². The van der Waals surface area contributed by atoms with Gasteiger partial charge in [-0.3, -0.25) is 0 Å². The van der Waals surface area contributed by atoms with Crippen LogP contribution >= 0.6 is 0 Å². The van der Waals surface area contributed by atoms with E-state index in [0.717, 1.165) is 55.3 Å². The fourth-order valence-corrected chi connectivity index (χ4v) is 5.79. The first-order valence-electron chi connectivity index (χ1n) is 13.8. The molecule has 198 valence electrons. The molecule has 7 aromatic rings. The van der Waals surface area contributed by atoms with Crippen LogP contribution in [-0.2, 0) is 0 Å². The van der Waals surface area contributed by atoms with Crippen molar-refractivity contribution in [3.63, 3.8) is 0 Å². The molecule has 0 aliphatic heterocycles. The molecule has 4 heteroatoms. The predicted octanol–water partition coefficient (Wildman–Crippen LogP) is 10.1. The summed E-state index contributed by atoms with van der Waals surface area (Å²) < 4.78 is 2.11. The lowest BCUT2D eigenvalue weighted by Gasteiger charge is -2.13. The molecule has 1 aromatic heterocycles. The van der Waals surface area contributed by atoms with E-state index in [1.807, 2.05) is 60.7 Å². The van der Waals surface area contributed by atoms with E-state index in [1.165, 1.54) is 5.56 Å². The molecule has 0 saturated heterocycles. The molecule has 0 aliphatic carbocycles. The molecule has 4 nitrogen and oxygen atoms in total. The third-order valence-electron chi connectivity index (χ3n) is 7.81. The van der Waals surface area contributed by atoms with Crippen molar-refractivity contribution in [3.05, 3.63) is 156 Å². The predicted molar refractivity (Wildman–Crippen MR) is 173 cm³/mol. The van der Waals surface area contributed by atoms with Gasteiger partial charge in [0.05, 0.1) is 40.9 Å². The van der Waals surface area contributed by atoms with Gasteiger partial charge in [0.2, 0.25) is 0 Å². The van der Waals surface area contributed by atoms with Crippen LogP contribution in [0.5, 0.6) is 0 Å². The Hall–Kier alpha value is -6.41. The van der Waals surface area contributed by atoms with Crippen LogP contribution in [0, 0.1) is 29.2 Å². The van der Waals surface area contributed by atoms with Crippen LogP contribution in [0.1, 0.15) is 11.1 Å². The Morgan fingerprint density at radius 3 is 1.72 bits per heavy atom. The summed E-state index contributed by atoms with van der Waals surface area (Å²) in [6, 6.07) is 48.9. The van der Waals surface area contributed by atoms with Gasteiger partial charge in [0.25, 0.3) is 0 Å². The van der Waals surface area contributed by atoms with E-state index in [1.54, 1.807) is 12.1 Å². The second-order valence-corrected chi connectivity index (χ2v) is 10.4. The van der Waals surface area contributed by atoms with Gasteiger partial charge in [0, 0.05) is 11.1 Å². The minimum Gasteiger partial charge on any atom is -0.309 e. The monoisotopic (exact) mass is 546 g/mol. The van der Waals surface area contributed by atoms with Crippen molar-refractivity contribution >= 4 is 27.5 Å². The van der Waals surface area contributed by atoms with Crippen LogP contribution in [0.3, 0.4) is 0 Å². The van der Waals surface area contributed by atoms with E-state index < -0.39 is 0 Å². The fraction of sp³-hybridized carbons (Fsp3) is 0. The smallest absolute Gasteiger partial charge is 0.188 e. The van der Waals surface area contributed by atoms with Gasteiger partial charge in [-0.15, -0.1) is 0 Å². The molecule has 0 bridgehead atoms. The van der Waals surface area contributed by atoms with Gasteiger partial charge in [0.1, 0.15) is 0 Å².